The SMILES string of the molecule is CCOC(=O)CCCCCN1CCN2C(=O)CCC2C1. The highest BCUT2D eigenvalue weighted by atomic mass is 16.5. The first kappa shape index (κ1) is 15.3. The van der Waals surface area contributed by atoms with Crippen LogP contribution in [0.15, 0.2) is 0 Å². The van der Waals surface area contributed by atoms with Gasteiger partial charge in [0.2, 0.25) is 5.91 Å². The molecule has 5 heteroatoms. The number of amides is 1. The van der Waals surface area contributed by atoms with Gasteiger partial charge in [0, 0.05) is 38.5 Å². The van der Waals surface area contributed by atoms with E-state index in [2.05, 4.69) is 9.80 Å². The lowest BCUT2D eigenvalue weighted by molar-refractivity contribution is -0.143. The number of nitrogens with zero attached hydrogens (tertiary/aromatic N) is 2. The molecule has 0 aromatic rings. The molecule has 0 aromatic carbocycles. The fourth-order valence-electron chi connectivity index (χ4n) is 3.15. The first-order valence-electron chi connectivity index (χ1n) is 7.88. The van der Waals surface area contributed by atoms with Gasteiger partial charge in [0.05, 0.1) is 6.61 Å². The summed E-state index contributed by atoms with van der Waals surface area (Å²) >= 11 is 0. The van der Waals surface area contributed by atoms with Gasteiger partial charge in [-0.1, -0.05) is 6.42 Å². The van der Waals surface area contributed by atoms with Crippen molar-refractivity contribution in [1.29, 1.82) is 0 Å². The monoisotopic (exact) mass is 282 g/mol. The molecule has 1 unspecified atom stereocenters. The number of carbonyl (C=O) groups excluding carboxylic acids is 2. The fourth-order valence-corrected chi connectivity index (χ4v) is 3.15. The highest BCUT2D eigenvalue weighted by molar-refractivity contribution is 5.78. The van der Waals surface area contributed by atoms with Gasteiger partial charge in [-0.25, -0.2) is 0 Å². The number of rotatable bonds is 7. The number of esters is 1. The molecule has 2 aliphatic rings. The van der Waals surface area contributed by atoms with Gasteiger partial charge in [-0.15, -0.1) is 0 Å². The topological polar surface area (TPSA) is 49.9 Å². The van der Waals surface area contributed by atoms with Gasteiger partial charge >= 0.3 is 5.97 Å². The van der Waals surface area contributed by atoms with Crippen molar-refractivity contribution in [2.24, 2.45) is 0 Å². The Balaban J connectivity index is 1.55. The minimum atomic E-state index is -0.0782. The Labute approximate surface area is 121 Å². The van der Waals surface area contributed by atoms with Crippen LogP contribution in [0.25, 0.3) is 0 Å². The average molecular weight is 282 g/mol. The first-order valence-corrected chi connectivity index (χ1v) is 7.88. The Kier molecular flexibility index (Phi) is 5.83. The minimum Gasteiger partial charge on any atom is -0.466 e. The molecule has 0 saturated carbocycles. The van der Waals surface area contributed by atoms with Gasteiger partial charge in [0.25, 0.3) is 0 Å². The van der Waals surface area contributed by atoms with Crippen molar-refractivity contribution in [3.8, 4) is 0 Å². The molecule has 114 valence electrons. The average Bonchev–Trinajstić information content (AvgIpc) is 2.80. The zero-order valence-electron chi connectivity index (χ0n) is 12.5. The molecule has 2 rings (SSSR count). The summed E-state index contributed by atoms with van der Waals surface area (Å²) in [5, 5.41) is 0. The number of unbranched alkanes of at least 4 members (excludes halogenated alkanes) is 2. The van der Waals surface area contributed by atoms with E-state index in [-0.39, 0.29) is 5.97 Å². The van der Waals surface area contributed by atoms with Crippen LogP contribution < -0.4 is 0 Å². The molecule has 2 aliphatic heterocycles. The minimum absolute atomic E-state index is 0.0782. The molecule has 2 fully saturated rings. The number of hydrogen-bond donors (Lipinski definition) is 0. The molecule has 0 N–H and O–H groups in total. The lowest BCUT2D eigenvalue weighted by Crippen LogP contribution is -2.51. The van der Waals surface area contributed by atoms with Crippen LogP contribution in [0.3, 0.4) is 0 Å². The molecule has 0 aliphatic carbocycles. The maximum Gasteiger partial charge on any atom is 0.305 e. The van der Waals surface area contributed by atoms with E-state index >= 15 is 0 Å². The number of hydrogen-bond acceptors (Lipinski definition) is 4. The van der Waals surface area contributed by atoms with Crippen LogP contribution in [0.1, 0.15) is 45.4 Å². The summed E-state index contributed by atoms with van der Waals surface area (Å²) < 4.78 is 4.91. The van der Waals surface area contributed by atoms with E-state index < -0.39 is 0 Å². The standard InChI is InChI=1S/C15H26N2O3/c1-2-20-15(19)6-4-3-5-9-16-10-11-17-13(12-16)7-8-14(17)18/h13H,2-12H2,1H3. The molecule has 0 bridgehead atoms. The van der Waals surface area contributed by atoms with Gasteiger partial charge < -0.3 is 9.64 Å². The van der Waals surface area contributed by atoms with Crippen LogP contribution >= 0.6 is 0 Å². The molecule has 2 saturated heterocycles. The summed E-state index contributed by atoms with van der Waals surface area (Å²) in [6, 6.07) is 0.454. The van der Waals surface area contributed by atoms with Crippen LogP contribution in [0.5, 0.6) is 0 Å². The van der Waals surface area contributed by atoms with Gasteiger partial charge in [0.1, 0.15) is 0 Å². The second kappa shape index (κ2) is 7.62. The molecule has 1 amide bonds. The van der Waals surface area contributed by atoms with E-state index in [0.717, 1.165) is 58.3 Å². The molecule has 0 spiro atoms. The van der Waals surface area contributed by atoms with Gasteiger partial charge in [-0.2, -0.15) is 0 Å². The van der Waals surface area contributed by atoms with Crippen molar-refractivity contribution >= 4 is 11.9 Å². The Hall–Kier alpha value is -1.10. The lowest BCUT2D eigenvalue weighted by atomic mass is 10.1. The van der Waals surface area contributed by atoms with E-state index in [1.807, 2.05) is 6.92 Å². The molecule has 0 aromatic heterocycles. The van der Waals surface area contributed by atoms with Crippen LogP contribution in [0, 0.1) is 0 Å². The van der Waals surface area contributed by atoms with Crippen LogP contribution in [-0.2, 0) is 14.3 Å². The number of ether oxygens (including phenoxy) is 1. The second-order valence-corrected chi connectivity index (χ2v) is 5.70. The van der Waals surface area contributed by atoms with E-state index in [0.29, 0.717) is 25.0 Å². The van der Waals surface area contributed by atoms with Gasteiger partial charge in [-0.3, -0.25) is 14.5 Å². The summed E-state index contributed by atoms with van der Waals surface area (Å²) in [5.41, 5.74) is 0. The van der Waals surface area contributed by atoms with E-state index in [1.54, 1.807) is 0 Å². The Morgan fingerprint density at radius 2 is 2.15 bits per heavy atom. The maximum absolute atomic E-state index is 11.6. The third kappa shape index (κ3) is 4.20. The summed E-state index contributed by atoms with van der Waals surface area (Å²) in [6.07, 6.45) is 5.42. The Morgan fingerprint density at radius 3 is 2.95 bits per heavy atom. The van der Waals surface area contributed by atoms with Crippen molar-refractivity contribution < 1.29 is 14.3 Å². The molecule has 0 radical (unpaired) electrons. The van der Waals surface area contributed by atoms with Crippen molar-refractivity contribution in [1.82, 2.24) is 9.80 Å². The predicted octanol–water partition coefficient (Wildman–Crippen LogP) is 1.42. The predicted molar refractivity (Wildman–Crippen MR) is 76.3 cm³/mol. The molecular weight excluding hydrogens is 256 g/mol. The van der Waals surface area contributed by atoms with E-state index in [9.17, 15) is 9.59 Å². The molecule has 5 nitrogen and oxygen atoms in total. The lowest BCUT2D eigenvalue weighted by Gasteiger charge is -2.37. The number of fused-ring (bicyclic) bond motifs is 1. The quantitative estimate of drug-likeness (QED) is 0.523. The molecular formula is C15H26N2O3. The second-order valence-electron chi connectivity index (χ2n) is 5.70. The zero-order valence-corrected chi connectivity index (χ0v) is 12.5. The highest BCUT2D eigenvalue weighted by Crippen LogP contribution is 2.22. The normalized spacial score (nSPS) is 22.9. The van der Waals surface area contributed by atoms with Crippen molar-refractivity contribution in [2.75, 3.05) is 32.8 Å². The molecule has 1 atom stereocenters. The largest absolute Gasteiger partial charge is 0.466 e. The van der Waals surface area contributed by atoms with Gasteiger partial charge in [-0.05, 0) is 32.7 Å². The molecule has 20 heavy (non-hydrogen) atoms. The fraction of sp³-hybridized carbons (Fsp3) is 0.867. The number of piperazine rings is 1. The highest BCUT2D eigenvalue weighted by Gasteiger charge is 2.34. The maximum atomic E-state index is 11.6. The summed E-state index contributed by atoms with van der Waals surface area (Å²) in [6.45, 7) is 6.33. The van der Waals surface area contributed by atoms with Crippen LogP contribution in [0.4, 0.5) is 0 Å². The third-order valence-electron chi connectivity index (χ3n) is 4.24. The van der Waals surface area contributed by atoms with Crippen molar-refractivity contribution in [2.45, 2.75) is 51.5 Å². The van der Waals surface area contributed by atoms with Crippen molar-refractivity contribution in [3.05, 3.63) is 0 Å². The van der Waals surface area contributed by atoms with E-state index in [1.165, 1.54) is 0 Å². The van der Waals surface area contributed by atoms with E-state index in [4.69, 9.17) is 4.74 Å². The van der Waals surface area contributed by atoms with Gasteiger partial charge in [0.15, 0.2) is 0 Å². The van der Waals surface area contributed by atoms with Crippen LogP contribution in [0.2, 0.25) is 0 Å². The molecule has 2 heterocycles. The Bertz CT molecular complexity index is 346. The summed E-state index contributed by atoms with van der Waals surface area (Å²) in [7, 11) is 0. The smallest absolute Gasteiger partial charge is 0.305 e. The number of carbonyl (C=O) groups is 2. The zero-order chi connectivity index (χ0) is 14.4. The first-order chi connectivity index (χ1) is 9.70. The Morgan fingerprint density at radius 1 is 1.30 bits per heavy atom. The third-order valence-corrected chi connectivity index (χ3v) is 4.24. The van der Waals surface area contributed by atoms with Crippen LogP contribution in [-0.4, -0.2) is 60.5 Å². The summed E-state index contributed by atoms with van der Waals surface area (Å²) in [4.78, 5) is 27.3. The van der Waals surface area contributed by atoms with Crippen molar-refractivity contribution in [3.63, 3.8) is 0 Å². The summed E-state index contributed by atoms with van der Waals surface area (Å²) in [5.74, 6) is 0.259.